The van der Waals surface area contributed by atoms with E-state index in [-0.39, 0.29) is 17.6 Å². The average Bonchev–Trinajstić information content (AvgIpc) is 3.73. The molecule has 2 aliphatic rings. The molecule has 0 bridgehead atoms. The minimum atomic E-state index is -0.602. The number of nitrogens with zero attached hydrogens (tertiary/aromatic N) is 2. The molecule has 1 heterocycles. The van der Waals surface area contributed by atoms with E-state index in [2.05, 4.69) is 22.6 Å². The third-order valence-corrected chi connectivity index (χ3v) is 7.60. The third kappa shape index (κ3) is 6.47. The summed E-state index contributed by atoms with van der Waals surface area (Å²) in [5, 5.41) is 6.55. The normalized spacial score (nSPS) is 20.1. The molecule has 7 heteroatoms. The zero-order valence-electron chi connectivity index (χ0n) is 21.8. The van der Waals surface area contributed by atoms with Crippen molar-refractivity contribution in [1.29, 1.82) is 0 Å². The highest BCUT2D eigenvalue weighted by Crippen LogP contribution is 2.40. The topological polar surface area (TPSA) is 64.7 Å². The van der Waals surface area contributed by atoms with Crippen LogP contribution in [-0.2, 0) is 4.79 Å². The van der Waals surface area contributed by atoms with E-state index in [4.69, 9.17) is 0 Å². The van der Waals surface area contributed by atoms with Crippen LogP contribution in [0.3, 0.4) is 0 Å². The first-order valence-corrected chi connectivity index (χ1v) is 13.4. The van der Waals surface area contributed by atoms with Crippen LogP contribution in [-0.4, -0.2) is 73.5 Å². The van der Waals surface area contributed by atoms with Crippen molar-refractivity contribution in [1.82, 2.24) is 20.4 Å². The Kier molecular flexibility index (Phi) is 8.15. The zero-order valence-corrected chi connectivity index (χ0v) is 21.8. The maximum atomic E-state index is 13.4. The van der Waals surface area contributed by atoms with Gasteiger partial charge in [0.2, 0.25) is 5.91 Å². The molecule has 6 nitrogen and oxygen atoms in total. The van der Waals surface area contributed by atoms with Gasteiger partial charge in [0.25, 0.3) is 5.91 Å². The van der Waals surface area contributed by atoms with E-state index in [0.29, 0.717) is 43.6 Å². The fraction of sp³-hybridized carbons (Fsp3) is 0.355. The van der Waals surface area contributed by atoms with Gasteiger partial charge < -0.3 is 20.4 Å². The van der Waals surface area contributed by atoms with Crippen LogP contribution in [0.25, 0.3) is 11.1 Å². The van der Waals surface area contributed by atoms with Crippen LogP contribution in [0.1, 0.15) is 34.7 Å². The minimum absolute atomic E-state index is 0.0277. The lowest BCUT2D eigenvalue weighted by atomic mass is 10.0. The molecule has 198 valence electrons. The quantitative estimate of drug-likeness (QED) is 0.455. The van der Waals surface area contributed by atoms with Crippen molar-refractivity contribution >= 4 is 11.8 Å². The average molecular weight is 515 g/mol. The maximum Gasteiger partial charge on any atom is 0.251 e. The summed E-state index contributed by atoms with van der Waals surface area (Å²) in [6.45, 7) is 3.59. The first-order chi connectivity index (χ1) is 18.5. The van der Waals surface area contributed by atoms with Gasteiger partial charge in [-0.05, 0) is 67.4 Å². The van der Waals surface area contributed by atoms with Crippen LogP contribution in [0.5, 0.6) is 0 Å². The summed E-state index contributed by atoms with van der Waals surface area (Å²) in [6, 6.07) is 23.9. The van der Waals surface area contributed by atoms with Crippen molar-refractivity contribution in [2.45, 2.75) is 30.8 Å². The van der Waals surface area contributed by atoms with Gasteiger partial charge in [-0.2, -0.15) is 0 Å². The molecule has 1 saturated carbocycles. The van der Waals surface area contributed by atoms with Crippen molar-refractivity contribution in [2.75, 3.05) is 39.8 Å². The Morgan fingerprint density at radius 2 is 1.55 bits per heavy atom. The molecule has 2 fully saturated rings. The second kappa shape index (κ2) is 11.9. The Hall–Kier alpha value is -3.55. The highest BCUT2D eigenvalue weighted by molar-refractivity contribution is 5.98. The highest BCUT2D eigenvalue weighted by Gasteiger charge is 2.38. The Balaban J connectivity index is 1.20. The van der Waals surface area contributed by atoms with Crippen LogP contribution in [0, 0.1) is 5.82 Å². The number of hydrogen-bond donors (Lipinski definition) is 2. The fourth-order valence-electron chi connectivity index (χ4n) is 5.10. The van der Waals surface area contributed by atoms with Gasteiger partial charge in [0, 0.05) is 43.7 Å². The number of benzene rings is 3. The predicted octanol–water partition coefficient (Wildman–Crippen LogP) is 3.90. The Morgan fingerprint density at radius 3 is 2.24 bits per heavy atom. The summed E-state index contributed by atoms with van der Waals surface area (Å²) >= 11 is 0. The van der Waals surface area contributed by atoms with Crippen LogP contribution < -0.4 is 10.6 Å². The number of piperazine rings is 1. The van der Waals surface area contributed by atoms with Crippen molar-refractivity contribution in [3.63, 3.8) is 0 Å². The predicted molar refractivity (Wildman–Crippen MR) is 147 cm³/mol. The lowest BCUT2D eigenvalue weighted by Crippen LogP contribution is -2.54. The summed E-state index contributed by atoms with van der Waals surface area (Å²) in [6.07, 6.45) is 1.49. The second-order valence-electron chi connectivity index (χ2n) is 10.3. The molecule has 0 aromatic heterocycles. The van der Waals surface area contributed by atoms with Gasteiger partial charge in [0.1, 0.15) is 11.9 Å². The second-order valence-corrected chi connectivity index (χ2v) is 10.3. The van der Waals surface area contributed by atoms with Gasteiger partial charge in [0.05, 0.1) is 0 Å². The number of rotatable bonds is 9. The standard InChI is InChI=1S/C31H35FN4O2/c1-35-17-19-36(20-18-35)31(38)28(15-16-33-29-21-27(29)24-11-13-26(32)14-12-24)34-30(37)25-9-7-23(8-10-25)22-5-3-2-4-6-22/h2-14,27-29,33H,15-21H2,1H3,(H,34,37)/t27-,28-,29+/m0/s1. The monoisotopic (exact) mass is 514 g/mol. The smallest absolute Gasteiger partial charge is 0.251 e. The number of nitrogens with one attached hydrogen (secondary N) is 2. The Labute approximate surface area is 223 Å². The summed E-state index contributed by atoms with van der Waals surface area (Å²) in [5.74, 6) is -0.137. The van der Waals surface area contributed by atoms with Gasteiger partial charge in [0.15, 0.2) is 0 Å². The van der Waals surface area contributed by atoms with Crippen LogP contribution >= 0.6 is 0 Å². The van der Waals surface area contributed by atoms with Crippen LogP contribution in [0.15, 0.2) is 78.9 Å². The van der Waals surface area contributed by atoms with E-state index in [1.54, 1.807) is 0 Å². The molecule has 1 aliphatic carbocycles. The molecule has 38 heavy (non-hydrogen) atoms. The number of likely N-dealkylation sites (N-methyl/N-ethyl adjacent to an activating group) is 1. The number of carbonyl (C=O) groups is 2. The molecular formula is C31H35FN4O2. The van der Waals surface area contributed by atoms with Gasteiger partial charge in [-0.3, -0.25) is 9.59 Å². The molecule has 3 atom stereocenters. The largest absolute Gasteiger partial charge is 0.340 e. The molecule has 5 rings (SSSR count). The maximum absolute atomic E-state index is 13.4. The first kappa shape index (κ1) is 26.1. The molecule has 1 aliphatic heterocycles. The van der Waals surface area contributed by atoms with Crippen LogP contribution in [0.4, 0.5) is 4.39 Å². The third-order valence-electron chi connectivity index (χ3n) is 7.60. The Bertz CT molecular complexity index is 1220. The SMILES string of the molecule is CN1CCN(C(=O)[C@H](CCN[C@@H]2C[C@H]2c2ccc(F)cc2)NC(=O)c2ccc(-c3ccccc3)cc2)CC1. The zero-order chi connectivity index (χ0) is 26.5. The van der Waals surface area contributed by atoms with Gasteiger partial charge in [-0.25, -0.2) is 4.39 Å². The molecule has 0 spiro atoms. The van der Waals surface area contributed by atoms with E-state index >= 15 is 0 Å². The lowest BCUT2D eigenvalue weighted by molar-refractivity contribution is -0.135. The number of amides is 2. The van der Waals surface area contributed by atoms with Crippen molar-refractivity contribution < 1.29 is 14.0 Å². The molecular weight excluding hydrogens is 479 g/mol. The number of carbonyl (C=O) groups excluding carboxylic acids is 2. The molecule has 1 saturated heterocycles. The van der Waals surface area contributed by atoms with Crippen molar-refractivity contribution in [3.05, 3.63) is 95.8 Å². The minimum Gasteiger partial charge on any atom is -0.340 e. The van der Waals surface area contributed by atoms with Crippen molar-refractivity contribution in [2.24, 2.45) is 0 Å². The summed E-state index contributed by atoms with van der Waals surface area (Å²) in [7, 11) is 2.05. The van der Waals surface area contributed by atoms with Crippen LogP contribution in [0.2, 0.25) is 0 Å². The van der Waals surface area contributed by atoms with E-state index in [9.17, 15) is 14.0 Å². The molecule has 0 radical (unpaired) electrons. The summed E-state index contributed by atoms with van der Waals surface area (Å²) in [5.41, 5.74) is 3.79. The highest BCUT2D eigenvalue weighted by atomic mass is 19.1. The summed E-state index contributed by atoms with van der Waals surface area (Å²) in [4.78, 5) is 30.7. The van der Waals surface area contributed by atoms with Gasteiger partial charge in [-0.1, -0.05) is 54.6 Å². The van der Waals surface area contributed by atoms with Crippen molar-refractivity contribution in [3.8, 4) is 11.1 Å². The Morgan fingerprint density at radius 1 is 0.895 bits per heavy atom. The molecule has 3 aromatic rings. The van der Waals surface area contributed by atoms with E-state index in [0.717, 1.165) is 36.2 Å². The number of hydrogen-bond acceptors (Lipinski definition) is 4. The first-order valence-electron chi connectivity index (χ1n) is 13.4. The van der Waals surface area contributed by atoms with E-state index in [1.807, 2.05) is 71.6 Å². The lowest BCUT2D eigenvalue weighted by Gasteiger charge is -2.34. The molecule has 2 N–H and O–H groups in total. The number of halogens is 1. The van der Waals surface area contributed by atoms with E-state index in [1.165, 1.54) is 12.1 Å². The van der Waals surface area contributed by atoms with Gasteiger partial charge >= 0.3 is 0 Å². The fourth-order valence-corrected chi connectivity index (χ4v) is 5.10. The van der Waals surface area contributed by atoms with Gasteiger partial charge in [-0.15, -0.1) is 0 Å². The molecule has 3 aromatic carbocycles. The summed E-state index contributed by atoms with van der Waals surface area (Å²) < 4.78 is 13.2. The molecule has 0 unspecified atom stereocenters. The molecule has 2 amide bonds. The van der Waals surface area contributed by atoms with E-state index < -0.39 is 6.04 Å².